The average Bonchev–Trinajstić information content (AvgIpc) is 2.51. The molecule has 21 heavy (non-hydrogen) atoms. The molecule has 0 aliphatic carbocycles. The molecule has 3 heterocycles. The fourth-order valence-corrected chi connectivity index (χ4v) is 2.68. The van der Waals surface area contributed by atoms with Gasteiger partial charge in [-0.2, -0.15) is 0 Å². The van der Waals surface area contributed by atoms with E-state index in [-0.39, 0.29) is 5.92 Å². The van der Waals surface area contributed by atoms with Crippen LogP contribution < -0.4 is 4.74 Å². The maximum absolute atomic E-state index is 5.97. The third kappa shape index (κ3) is 3.36. The minimum Gasteiger partial charge on any atom is -0.493 e. The number of hydrogen-bond donors (Lipinski definition) is 0. The van der Waals surface area contributed by atoms with Crippen LogP contribution in [0.2, 0.25) is 0 Å². The van der Waals surface area contributed by atoms with Crippen LogP contribution in [0, 0.1) is 19.8 Å². The lowest BCUT2D eigenvalue weighted by atomic mass is 10.0. The molecule has 5 heteroatoms. The molecule has 116 valence electrons. The lowest BCUT2D eigenvalue weighted by molar-refractivity contribution is -0.308. The first-order valence-electron chi connectivity index (χ1n) is 7.59. The third-order valence-corrected chi connectivity index (χ3v) is 4.30. The minimum absolute atomic E-state index is 0.270. The van der Waals surface area contributed by atoms with E-state index in [0.29, 0.717) is 19.8 Å². The maximum atomic E-state index is 5.97. The van der Waals surface area contributed by atoms with E-state index in [2.05, 4.69) is 4.98 Å². The highest BCUT2D eigenvalue weighted by atomic mass is 16.7. The molecule has 0 bridgehead atoms. The Morgan fingerprint density at radius 2 is 1.95 bits per heavy atom. The normalized spacial score (nSPS) is 22.4. The van der Waals surface area contributed by atoms with Crippen molar-refractivity contribution in [2.75, 3.05) is 33.0 Å². The Kier molecular flexibility index (Phi) is 4.42. The molecule has 0 unspecified atom stereocenters. The third-order valence-electron chi connectivity index (χ3n) is 4.30. The summed E-state index contributed by atoms with van der Waals surface area (Å²) in [6, 6.07) is 1.91. The van der Waals surface area contributed by atoms with Gasteiger partial charge < -0.3 is 18.9 Å². The molecular formula is C16H23NO4. The first kappa shape index (κ1) is 14.8. The lowest BCUT2D eigenvalue weighted by Crippen LogP contribution is -2.48. The van der Waals surface area contributed by atoms with E-state index in [1.807, 2.05) is 19.9 Å². The van der Waals surface area contributed by atoms with Crippen LogP contribution in [0.4, 0.5) is 0 Å². The van der Waals surface area contributed by atoms with Crippen LogP contribution in [0.15, 0.2) is 12.3 Å². The van der Waals surface area contributed by atoms with E-state index < -0.39 is 5.79 Å². The predicted octanol–water partition coefficient (Wildman–Crippen LogP) is 2.25. The topological polar surface area (TPSA) is 49.8 Å². The molecule has 5 nitrogen and oxygen atoms in total. The summed E-state index contributed by atoms with van der Waals surface area (Å²) in [6.45, 7) is 7.43. The highest BCUT2D eigenvalue weighted by molar-refractivity contribution is 5.33. The first-order valence-corrected chi connectivity index (χ1v) is 7.59. The molecule has 2 saturated heterocycles. The number of rotatable bonds is 3. The van der Waals surface area contributed by atoms with E-state index in [0.717, 1.165) is 43.1 Å². The summed E-state index contributed by atoms with van der Waals surface area (Å²) < 4.78 is 23.2. The highest BCUT2D eigenvalue weighted by Crippen LogP contribution is 2.31. The van der Waals surface area contributed by atoms with Crippen molar-refractivity contribution in [3.05, 3.63) is 23.5 Å². The van der Waals surface area contributed by atoms with Gasteiger partial charge in [-0.05, 0) is 19.9 Å². The molecule has 0 amide bonds. The second-order valence-corrected chi connectivity index (χ2v) is 5.84. The zero-order valence-corrected chi connectivity index (χ0v) is 12.8. The monoisotopic (exact) mass is 293 g/mol. The summed E-state index contributed by atoms with van der Waals surface area (Å²) in [4.78, 5) is 4.25. The molecule has 2 aliphatic rings. The van der Waals surface area contributed by atoms with Crippen molar-refractivity contribution >= 4 is 0 Å². The lowest BCUT2D eigenvalue weighted by Gasteiger charge is -2.42. The quantitative estimate of drug-likeness (QED) is 0.855. The summed E-state index contributed by atoms with van der Waals surface area (Å²) in [5.41, 5.74) is 2.10. The van der Waals surface area contributed by atoms with E-state index >= 15 is 0 Å². The smallest absolute Gasteiger partial charge is 0.172 e. The van der Waals surface area contributed by atoms with Crippen LogP contribution in [0.1, 0.15) is 24.1 Å². The second kappa shape index (κ2) is 6.30. The van der Waals surface area contributed by atoms with Gasteiger partial charge in [-0.15, -0.1) is 0 Å². The Hall–Kier alpha value is -1.17. The van der Waals surface area contributed by atoms with Gasteiger partial charge in [0.25, 0.3) is 0 Å². The van der Waals surface area contributed by atoms with Gasteiger partial charge in [0.05, 0.1) is 33.0 Å². The van der Waals surface area contributed by atoms with Crippen molar-refractivity contribution < 1.29 is 18.9 Å². The van der Waals surface area contributed by atoms with Crippen LogP contribution in [0.5, 0.6) is 5.75 Å². The molecule has 0 radical (unpaired) electrons. The van der Waals surface area contributed by atoms with Gasteiger partial charge in [0.1, 0.15) is 5.75 Å². The van der Waals surface area contributed by atoms with E-state index in [1.54, 1.807) is 6.20 Å². The van der Waals surface area contributed by atoms with Gasteiger partial charge in [0, 0.05) is 36.2 Å². The summed E-state index contributed by atoms with van der Waals surface area (Å²) in [5.74, 6) is 0.762. The summed E-state index contributed by atoms with van der Waals surface area (Å²) in [7, 11) is 0. The molecular weight excluding hydrogens is 270 g/mol. The summed E-state index contributed by atoms with van der Waals surface area (Å²) in [6.07, 6.45) is 3.43. The van der Waals surface area contributed by atoms with Gasteiger partial charge in [0.15, 0.2) is 5.79 Å². The second-order valence-electron chi connectivity index (χ2n) is 5.84. The van der Waals surface area contributed by atoms with Gasteiger partial charge in [-0.3, -0.25) is 4.98 Å². The van der Waals surface area contributed by atoms with Crippen LogP contribution >= 0.6 is 0 Å². The predicted molar refractivity (Wildman–Crippen MR) is 77.4 cm³/mol. The van der Waals surface area contributed by atoms with Crippen molar-refractivity contribution in [2.45, 2.75) is 32.5 Å². The van der Waals surface area contributed by atoms with Gasteiger partial charge in [-0.25, -0.2) is 0 Å². The van der Waals surface area contributed by atoms with Crippen LogP contribution in [-0.4, -0.2) is 43.8 Å². The average molecular weight is 293 g/mol. The van der Waals surface area contributed by atoms with Crippen LogP contribution in [-0.2, 0) is 14.2 Å². The van der Waals surface area contributed by atoms with Crippen LogP contribution in [0.3, 0.4) is 0 Å². The Labute approximate surface area is 125 Å². The SMILES string of the molecule is Cc1nccc(OCC2COC3(CCOCC3)OC2)c1C. The van der Waals surface area contributed by atoms with Crippen LogP contribution in [0.25, 0.3) is 0 Å². The number of nitrogens with zero attached hydrogens (tertiary/aromatic N) is 1. The van der Waals surface area contributed by atoms with E-state index in [9.17, 15) is 0 Å². The van der Waals surface area contributed by atoms with Crippen molar-refractivity contribution in [1.82, 2.24) is 4.98 Å². The van der Waals surface area contributed by atoms with E-state index in [4.69, 9.17) is 18.9 Å². The molecule has 2 aliphatic heterocycles. The van der Waals surface area contributed by atoms with E-state index in [1.165, 1.54) is 0 Å². The molecule has 2 fully saturated rings. The standard InChI is InChI=1S/C16H23NO4/c1-12-13(2)17-6-3-15(12)19-9-14-10-20-16(21-11-14)4-7-18-8-5-16/h3,6,14H,4-5,7-11H2,1-2H3. The molecule has 0 saturated carbocycles. The van der Waals surface area contributed by atoms with Crippen molar-refractivity contribution in [1.29, 1.82) is 0 Å². The van der Waals surface area contributed by atoms with Crippen molar-refractivity contribution in [3.63, 3.8) is 0 Å². The molecule has 1 aromatic heterocycles. The largest absolute Gasteiger partial charge is 0.493 e. The van der Waals surface area contributed by atoms with Gasteiger partial charge >= 0.3 is 0 Å². The first-order chi connectivity index (χ1) is 10.2. The van der Waals surface area contributed by atoms with Gasteiger partial charge in [0.2, 0.25) is 0 Å². The number of hydrogen-bond acceptors (Lipinski definition) is 5. The number of pyridine rings is 1. The highest BCUT2D eigenvalue weighted by Gasteiger charge is 2.39. The fraction of sp³-hybridized carbons (Fsp3) is 0.688. The maximum Gasteiger partial charge on any atom is 0.172 e. The molecule has 0 aromatic carbocycles. The zero-order chi connectivity index (χ0) is 14.7. The summed E-state index contributed by atoms with van der Waals surface area (Å²) >= 11 is 0. The zero-order valence-electron chi connectivity index (χ0n) is 12.8. The number of aryl methyl sites for hydroxylation is 1. The molecule has 1 aromatic rings. The molecule has 3 rings (SSSR count). The van der Waals surface area contributed by atoms with Gasteiger partial charge in [-0.1, -0.05) is 0 Å². The Balaban J connectivity index is 1.50. The molecule has 1 spiro atoms. The fourth-order valence-electron chi connectivity index (χ4n) is 2.68. The molecule has 0 N–H and O–H groups in total. The molecule has 0 atom stereocenters. The Morgan fingerprint density at radius 3 is 2.67 bits per heavy atom. The Morgan fingerprint density at radius 1 is 1.24 bits per heavy atom. The number of aromatic nitrogens is 1. The minimum atomic E-state index is -0.405. The Bertz CT molecular complexity index is 475. The summed E-state index contributed by atoms with van der Waals surface area (Å²) in [5, 5.41) is 0. The van der Waals surface area contributed by atoms with Crippen molar-refractivity contribution in [2.24, 2.45) is 5.92 Å². The van der Waals surface area contributed by atoms with Crippen molar-refractivity contribution in [3.8, 4) is 5.75 Å². The number of ether oxygens (including phenoxy) is 4.